The van der Waals surface area contributed by atoms with Crippen LogP contribution in [-0.2, 0) is 9.84 Å². The van der Waals surface area contributed by atoms with E-state index in [0.717, 1.165) is 5.56 Å². The molecule has 4 nitrogen and oxygen atoms in total. The van der Waals surface area contributed by atoms with E-state index in [9.17, 15) is 8.42 Å². The molecule has 0 heterocycles. The Balaban J connectivity index is 2.61. The molecular formula is C13H22N2O2S. The van der Waals surface area contributed by atoms with E-state index in [0.29, 0.717) is 6.54 Å². The van der Waals surface area contributed by atoms with Gasteiger partial charge in [-0.05, 0) is 19.5 Å². The maximum atomic E-state index is 11.1. The zero-order valence-electron chi connectivity index (χ0n) is 11.2. The summed E-state index contributed by atoms with van der Waals surface area (Å²) in [6.45, 7) is 2.51. The molecule has 2 N–H and O–H groups in total. The Hall–Kier alpha value is -0.910. The van der Waals surface area contributed by atoms with Crippen molar-refractivity contribution in [3.8, 4) is 0 Å². The summed E-state index contributed by atoms with van der Waals surface area (Å²) < 4.78 is 22.3. The van der Waals surface area contributed by atoms with Gasteiger partial charge in [0.1, 0.15) is 9.84 Å². The molecule has 0 aliphatic rings. The minimum Gasteiger partial charge on any atom is -0.323 e. The average molecular weight is 270 g/mol. The summed E-state index contributed by atoms with van der Waals surface area (Å²) >= 11 is 0. The SMILES string of the molecule is CC(C(N)c1ccccc1)N(C)CCS(C)(=O)=O. The zero-order valence-corrected chi connectivity index (χ0v) is 12.0. The molecule has 1 aromatic carbocycles. The average Bonchev–Trinajstić information content (AvgIpc) is 2.34. The first-order valence-corrected chi connectivity index (χ1v) is 8.06. The Morgan fingerprint density at radius 2 is 1.83 bits per heavy atom. The molecule has 18 heavy (non-hydrogen) atoms. The lowest BCUT2D eigenvalue weighted by atomic mass is 10.0. The number of nitrogens with zero attached hydrogens (tertiary/aromatic N) is 1. The van der Waals surface area contributed by atoms with Crippen LogP contribution in [0.25, 0.3) is 0 Å². The van der Waals surface area contributed by atoms with Gasteiger partial charge in [-0.25, -0.2) is 8.42 Å². The molecule has 5 heteroatoms. The van der Waals surface area contributed by atoms with Crippen LogP contribution in [0.3, 0.4) is 0 Å². The summed E-state index contributed by atoms with van der Waals surface area (Å²) in [6, 6.07) is 9.83. The Morgan fingerprint density at radius 1 is 1.28 bits per heavy atom. The lowest BCUT2D eigenvalue weighted by molar-refractivity contribution is 0.239. The van der Waals surface area contributed by atoms with E-state index in [4.69, 9.17) is 5.73 Å². The lowest BCUT2D eigenvalue weighted by Crippen LogP contribution is -2.40. The van der Waals surface area contributed by atoms with Crippen LogP contribution in [0.15, 0.2) is 30.3 Å². The van der Waals surface area contributed by atoms with Crippen LogP contribution in [-0.4, -0.2) is 45.0 Å². The quantitative estimate of drug-likeness (QED) is 0.839. The zero-order chi connectivity index (χ0) is 13.8. The Bertz CT molecular complexity index is 459. The molecule has 1 aromatic rings. The highest BCUT2D eigenvalue weighted by atomic mass is 32.2. The van der Waals surface area contributed by atoms with Crippen LogP contribution in [0.2, 0.25) is 0 Å². The van der Waals surface area contributed by atoms with E-state index in [2.05, 4.69) is 0 Å². The maximum Gasteiger partial charge on any atom is 0.148 e. The van der Waals surface area contributed by atoms with Gasteiger partial charge in [-0.2, -0.15) is 0 Å². The predicted molar refractivity (Wildman–Crippen MR) is 75.2 cm³/mol. The summed E-state index contributed by atoms with van der Waals surface area (Å²) in [7, 11) is -1.02. The van der Waals surface area contributed by atoms with Crippen molar-refractivity contribution in [1.82, 2.24) is 4.90 Å². The van der Waals surface area contributed by atoms with Gasteiger partial charge in [-0.1, -0.05) is 30.3 Å². The van der Waals surface area contributed by atoms with Crippen molar-refractivity contribution in [2.24, 2.45) is 5.73 Å². The molecule has 0 amide bonds. The van der Waals surface area contributed by atoms with Gasteiger partial charge < -0.3 is 10.6 Å². The topological polar surface area (TPSA) is 63.4 Å². The van der Waals surface area contributed by atoms with Gasteiger partial charge in [0, 0.05) is 24.9 Å². The van der Waals surface area contributed by atoms with Gasteiger partial charge >= 0.3 is 0 Å². The van der Waals surface area contributed by atoms with Crippen molar-refractivity contribution in [3.63, 3.8) is 0 Å². The van der Waals surface area contributed by atoms with E-state index in [1.165, 1.54) is 6.26 Å². The van der Waals surface area contributed by atoms with Crippen LogP contribution >= 0.6 is 0 Å². The van der Waals surface area contributed by atoms with Gasteiger partial charge in [0.15, 0.2) is 0 Å². The standard InChI is InChI=1S/C13H22N2O2S/c1-11(15(2)9-10-18(3,16)17)13(14)12-7-5-4-6-8-12/h4-8,11,13H,9-10,14H2,1-3H3. The fourth-order valence-electron chi connectivity index (χ4n) is 1.74. The van der Waals surface area contributed by atoms with Crippen molar-refractivity contribution in [2.75, 3.05) is 25.6 Å². The fraction of sp³-hybridized carbons (Fsp3) is 0.538. The van der Waals surface area contributed by atoms with Crippen LogP contribution in [0, 0.1) is 0 Å². The van der Waals surface area contributed by atoms with Crippen LogP contribution in [0.4, 0.5) is 0 Å². The molecule has 0 saturated heterocycles. The molecule has 2 atom stereocenters. The Morgan fingerprint density at radius 3 is 2.33 bits per heavy atom. The van der Waals surface area contributed by atoms with Crippen molar-refractivity contribution in [1.29, 1.82) is 0 Å². The minimum absolute atomic E-state index is 0.0918. The third-order valence-electron chi connectivity index (χ3n) is 3.21. The second kappa shape index (κ2) is 6.31. The van der Waals surface area contributed by atoms with Crippen LogP contribution < -0.4 is 5.73 Å². The molecule has 1 rings (SSSR count). The van der Waals surface area contributed by atoms with Gasteiger partial charge in [-0.15, -0.1) is 0 Å². The van der Waals surface area contributed by atoms with Crippen LogP contribution in [0.5, 0.6) is 0 Å². The number of hydrogen-bond donors (Lipinski definition) is 1. The minimum atomic E-state index is -2.93. The molecule has 0 fully saturated rings. The van der Waals surface area contributed by atoms with Gasteiger partial charge in [0.25, 0.3) is 0 Å². The second-order valence-corrected chi connectivity index (χ2v) is 7.05. The normalized spacial score (nSPS) is 15.6. The Labute approximate surface area is 110 Å². The monoisotopic (exact) mass is 270 g/mol. The Kier molecular flexibility index (Phi) is 5.31. The first-order chi connectivity index (χ1) is 8.31. The molecule has 0 bridgehead atoms. The molecular weight excluding hydrogens is 248 g/mol. The number of sulfone groups is 1. The lowest BCUT2D eigenvalue weighted by Gasteiger charge is -2.29. The summed E-state index contributed by atoms with van der Waals surface area (Å²) in [5.41, 5.74) is 7.25. The molecule has 0 saturated carbocycles. The van der Waals surface area contributed by atoms with E-state index in [-0.39, 0.29) is 17.8 Å². The van der Waals surface area contributed by atoms with Crippen molar-refractivity contribution < 1.29 is 8.42 Å². The van der Waals surface area contributed by atoms with Crippen molar-refractivity contribution >= 4 is 9.84 Å². The summed E-state index contributed by atoms with van der Waals surface area (Å²) in [4.78, 5) is 1.98. The smallest absolute Gasteiger partial charge is 0.148 e. The largest absolute Gasteiger partial charge is 0.323 e. The molecule has 0 aromatic heterocycles. The van der Waals surface area contributed by atoms with Crippen molar-refractivity contribution in [2.45, 2.75) is 19.0 Å². The number of benzene rings is 1. The predicted octanol–water partition coefficient (Wildman–Crippen LogP) is 1.05. The number of nitrogens with two attached hydrogens (primary N) is 1. The molecule has 0 radical (unpaired) electrons. The van der Waals surface area contributed by atoms with Gasteiger partial charge in [0.05, 0.1) is 5.75 Å². The summed E-state index contributed by atoms with van der Waals surface area (Å²) in [5, 5.41) is 0. The summed E-state index contributed by atoms with van der Waals surface area (Å²) in [5.74, 6) is 0.162. The highest BCUT2D eigenvalue weighted by Crippen LogP contribution is 2.17. The first kappa shape index (κ1) is 15.1. The van der Waals surface area contributed by atoms with Gasteiger partial charge in [-0.3, -0.25) is 0 Å². The van der Waals surface area contributed by atoms with Gasteiger partial charge in [0.2, 0.25) is 0 Å². The first-order valence-electron chi connectivity index (χ1n) is 6.00. The molecule has 0 spiro atoms. The van der Waals surface area contributed by atoms with Crippen LogP contribution in [0.1, 0.15) is 18.5 Å². The van der Waals surface area contributed by atoms with E-state index < -0.39 is 9.84 Å². The fourth-order valence-corrected chi connectivity index (χ4v) is 2.36. The number of hydrogen-bond acceptors (Lipinski definition) is 4. The van der Waals surface area contributed by atoms with E-state index in [1.807, 2.05) is 49.2 Å². The van der Waals surface area contributed by atoms with E-state index in [1.54, 1.807) is 0 Å². The highest BCUT2D eigenvalue weighted by molar-refractivity contribution is 7.90. The second-order valence-electron chi connectivity index (χ2n) is 4.79. The third-order valence-corrected chi connectivity index (χ3v) is 4.14. The number of likely N-dealkylation sites (N-methyl/N-ethyl adjacent to an activating group) is 1. The summed E-state index contributed by atoms with van der Waals surface area (Å²) in [6.07, 6.45) is 1.25. The third kappa shape index (κ3) is 4.76. The number of rotatable bonds is 6. The molecule has 0 aliphatic heterocycles. The maximum absolute atomic E-state index is 11.1. The molecule has 102 valence electrons. The molecule has 2 unspecified atom stereocenters. The highest BCUT2D eigenvalue weighted by Gasteiger charge is 2.19. The van der Waals surface area contributed by atoms with Crippen molar-refractivity contribution in [3.05, 3.63) is 35.9 Å². The van der Waals surface area contributed by atoms with E-state index >= 15 is 0 Å². The molecule has 0 aliphatic carbocycles.